The van der Waals surface area contributed by atoms with Crippen molar-refractivity contribution in [3.05, 3.63) is 35.0 Å². The Morgan fingerprint density at radius 2 is 2.06 bits per heavy atom. The van der Waals surface area contributed by atoms with Gasteiger partial charge in [0.25, 0.3) is 0 Å². The summed E-state index contributed by atoms with van der Waals surface area (Å²) in [5, 5.41) is 5.05. The van der Waals surface area contributed by atoms with Gasteiger partial charge in [0.1, 0.15) is 11.4 Å². The minimum absolute atomic E-state index is 0.0443. The first kappa shape index (κ1) is 12.8. The summed E-state index contributed by atoms with van der Waals surface area (Å²) in [4.78, 5) is 0. The van der Waals surface area contributed by atoms with Crippen molar-refractivity contribution in [1.29, 1.82) is 0 Å². The van der Waals surface area contributed by atoms with Gasteiger partial charge in [-0.25, -0.2) is 0 Å². The van der Waals surface area contributed by atoms with Crippen molar-refractivity contribution in [1.82, 2.24) is 10.2 Å². The van der Waals surface area contributed by atoms with E-state index in [0.29, 0.717) is 11.3 Å². The molecule has 1 N–H and O–H groups in total. The lowest BCUT2D eigenvalue weighted by atomic mass is 10.1. The molecular weight excluding hydrogens is 269 g/mol. The summed E-state index contributed by atoms with van der Waals surface area (Å²) in [5.74, 6) is 0.514. The Kier molecular flexibility index (Phi) is 3.21. The lowest BCUT2D eigenvalue weighted by Gasteiger charge is -2.04. The predicted molar refractivity (Wildman–Crippen MR) is 60.6 cm³/mol. The molecule has 0 atom stereocenters. The van der Waals surface area contributed by atoms with E-state index in [0.717, 1.165) is 0 Å². The summed E-state index contributed by atoms with van der Waals surface area (Å²) in [6.45, 7) is 0. The Hall–Kier alpha value is -1.69. The summed E-state index contributed by atoms with van der Waals surface area (Å²) in [6.07, 6.45) is -4.55. The number of hydrogen-bond donors (Lipinski definition) is 1. The standard InChI is InChI=1S/C11H8ClF3N2O/c1-18-7-4-2-3-6(5-7)9-8(12)10(17-16-9)11(13,14)15/h2-5H,1H3,(H,16,17). The second-order valence-electron chi connectivity index (χ2n) is 3.49. The Labute approximate surface area is 106 Å². The molecule has 7 heteroatoms. The number of benzene rings is 1. The second kappa shape index (κ2) is 4.53. The fraction of sp³-hybridized carbons (Fsp3) is 0.182. The fourth-order valence-electron chi connectivity index (χ4n) is 1.48. The monoisotopic (exact) mass is 276 g/mol. The first-order chi connectivity index (χ1) is 8.43. The van der Waals surface area contributed by atoms with Crippen LogP contribution >= 0.6 is 11.6 Å². The molecule has 0 aliphatic heterocycles. The van der Waals surface area contributed by atoms with E-state index in [1.807, 2.05) is 5.10 Å². The zero-order valence-corrected chi connectivity index (χ0v) is 9.93. The van der Waals surface area contributed by atoms with Gasteiger partial charge in [-0.15, -0.1) is 0 Å². The van der Waals surface area contributed by atoms with Crippen molar-refractivity contribution in [2.24, 2.45) is 0 Å². The van der Waals surface area contributed by atoms with E-state index in [1.54, 1.807) is 24.3 Å². The second-order valence-corrected chi connectivity index (χ2v) is 3.87. The smallest absolute Gasteiger partial charge is 0.434 e. The van der Waals surface area contributed by atoms with Crippen LogP contribution in [0.15, 0.2) is 24.3 Å². The molecule has 0 bridgehead atoms. The molecule has 2 rings (SSSR count). The summed E-state index contributed by atoms with van der Waals surface area (Å²) in [5.41, 5.74) is -0.559. The van der Waals surface area contributed by atoms with Crippen LogP contribution in [0, 0.1) is 0 Å². The van der Waals surface area contributed by atoms with Gasteiger partial charge in [0.05, 0.1) is 12.1 Å². The number of rotatable bonds is 2. The molecule has 0 saturated carbocycles. The molecule has 3 nitrogen and oxygen atoms in total. The van der Waals surface area contributed by atoms with E-state index in [4.69, 9.17) is 16.3 Å². The molecule has 0 aliphatic rings. The molecule has 0 amide bonds. The molecule has 1 aromatic carbocycles. The van der Waals surface area contributed by atoms with E-state index in [1.165, 1.54) is 7.11 Å². The van der Waals surface area contributed by atoms with E-state index < -0.39 is 16.9 Å². The van der Waals surface area contributed by atoms with Crippen molar-refractivity contribution in [3.63, 3.8) is 0 Å². The number of nitrogens with zero attached hydrogens (tertiary/aromatic N) is 1. The number of aromatic amines is 1. The maximum Gasteiger partial charge on any atom is 0.434 e. The van der Waals surface area contributed by atoms with Crippen molar-refractivity contribution >= 4 is 11.6 Å². The van der Waals surface area contributed by atoms with E-state index in [-0.39, 0.29) is 5.69 Å². The lowest BCUT2D eigenvalue weighted by Crippen LogP contribution is -2.05. The molecule has 0 spiro atoms. The van der Waals surface area contributed by atoms with Crippen LogP contribution in [0.4, 0.5) is 13.2 Å². The molecule has 0 fully saturated rings. The molecule has 0 aliphatic carbocycles. The highest BCUT2D eigenvalue weighted by Crippen LogP contribution is 2.38. The Balaban J connectivity index is 2.49. The lowest BCUT2D eigenvalue weighted by molar-refractivity contribution is -0.141. The highest BCUT2D eigenvalue weighted by atomic mass is 35.5. The van der Waals surface area contributed by atoms with Crippen LogP contribution in [-0.4, -0.2) is 17.3 Å². The summed E-state index contributed by atoms with van der Waals surface area (Å²) in [7, 11) is 1.46. The van der Waals surface area contributed by atoms with Gasteiger partial charge in [-0.05, 0) is 12.1 Å². The number of nitrogens with one attached hydrogen (secondary N) is 1. The van der Waals surface area contributed by atoms with Crippen molar-refractivity contribution in [3.8, 4) is 17.0 Å². The van der Waals surface area contributed by atoms with Crippen LogP contribution in [0.5, 0.6) is 5.75 Å². The third-order valence-corrected chi connectivity index (χ3v) is 2.70. The van der Waals surface area contributed by atoms with Crippen LogP contribution in [0.25, 0.3) is 11.3 Å². The number of hydrogen-bond acceptors (Lipinski definition) is 2. The third-order valence-electron chi connectivity index (χ3n) is 2.33. The minimum Gasteiger partial charge on any atom is -0.497 e. The molecular formula is C11H8ClF3N2O. The predicted octanol–water partition coefficient (Wildman–Crippen LogP) is 3.76. The Morgan fingerprint density at radius 3 is 2.61 bits per heavy atom. The van der Waals surface area contributed by atoms with Crippen molar-refractivity contribution in [2.75, 3.05) is 7.11 Å². The van der Waals surface area contributed by atoms with Gasteiger partial charge in [-0.3, -0.25) is 5.10 Å². The van der Waals surface area contributed by atoms with Gasteiger partial charge < -0.3 is 4.74 Å². The summed E-state index contributed by atoms with van der Waals surface area (Å²) in [6, 6.07) is 6.48. The highest BCUT2D eigenvalue weighted by molar-refractivity contribution is 6.33. The Bertz CT molecular complexity index is 566. The minimum atomic E-state index is -4.55. The molecule has 18 heavy (non-hydrogen) atoms. The van der Waals surface area contributed by atoms with Gasteiger partial charge in [-0.1, -0.05) is 23.7 Å². The Morgan fingerprint density at radius 1 is 1.33 bits per heavy atom. The number of aromatic nitrogens is 2. The molecule has 0 unspecified atom stereocenters. The molecule has 96 valence electrons. The van der Waals surface area contributed by atoms with Gasteiger partial charge >= 0.3 is 6.18 Å². The zero-order chi connectivity index (χ0) is 13.3. The largest absolute Gasteiger partial charge is 0.497 e. The van der Waals surface area contributed by atoms with Crippen molar-refractivity contribution in [2.45, 2.75) is 6.18 Å². The number of halogens is 4. The topological polar surface area (TPSA) is 37.9 Å². The third kappa shape index (κ3) is 2.28. The number of H-pyrrole nitrogens is 1. The van der Waals surface area contributed by atoms with Crippen LogP contribution < -0.4 is 4.74 Å². The molecule has 2 aromatic rings. The number of methoxy groups -OCH3 is 1. The summed E-state index contributed by atoms with van der Waals surface area (Å²) < 4.78 is 42.6. The normalized spacial score (nSPS) is 11.6. The van der Waals surface area contributed by atoms with Crippen LogP contribution in [0.3, 0.4) is 0 Å². The number of ether oxygens (including phenoxy) is 1. The highest BCUT2D eigenvalue weighted by Gasteiger charge is 2.37. The van der Waals surface area contributed by atoms with Crippen LogP contribution in [0.2, 0.25) is 5.02 Å². The van der Waals surface area contributed by atoms with E-state index in [9.17, 15) is 13.2 Å². The molecule has 0 radical (unpaired) electrons. The molecule has 0 saturated heterocycles. The van der Waals surface area contributed by atoms with Crippen molar-refractivity contribution < 1.29 is 17.9 Å². The van der Waals surface area contributed by atoms with Gasteiger partial charge in [-0.2, -0.15) is 18.3 Å². The molecule has 1 aromatic heterocycles. The van der Waals surface area contributed by atoms with Gasteiger partial charge in [0.15, 0.2) is 5.69 Å². The first-order valence-corrected chi connectivity index (χ1v) is 5.26. The SMILES string of the molecule is COc1cccc(-c2n[nH]c(C(F)(F)F)c2Cl)c1. The fourth-order valence-corrected chi connectivity index (χ4v) is 1.78. The van der Waals surface area contributed by atoms with E-state index in [2.05, 4.69) is 5.10 Å². The quantitative estimate of drug-likeness (QED) is 0.907. The van der Waals surface area contributed by atoms with Crippen LogP contribution in [0.1, 0.15) is 5.69 Å². The van der Waals surface area contributed by atoms with Gasteiger partial charge in [0.2, 0.25) is 0 Å². The average molecular weight is 277 g/mol. The maximum atomic E-state index is 12.5. The first-order valence-electron chi connectivity index (χ1n) is 4.89. The van der Waals surface area contributed by atoms with Crippen LogP contribution in [-0.2, 0) is 6.18 Å². The zero-order valence-electron chi connectivity index (χ0n) is 9.18. The van der Waals surface area contributed by atoms with E-state index >= 15 is 0 Å². The number of alkyl halides is 3. The molecule has 1 heterocycles. The maximum absolute atomic E-state index is 12.5. The van der Waals surface area contributed by atoms with Gasteiger partial charge in [0, 0.05) is 5.56 Å². The average Bonchev–Trinajstić information content (AvgIpc) is 2.71. The summed E-state index contributed by atoms with van der Waals surface area (Å²) >= 11 is 5.68.